The van der Waals surface area contributed by atoms with Gasteiger partial charge in [0.25, 0.3) is 5.91 Å². The first kappa shape index (κ1) is 24.5. The monoisotopic (exact) mass is 533 g/mol. The smallest absolute Gasteiger partial charge is 0.348 e. The highest BCUT2D eigenvalue weighted by molar-refractivity contribution is 8.18. The van der Waals surface area contributed by atoms with Gasteiger partial charge in [-0.05, 0) is 53.2 Å². The zero-order valence-electron chi connectivity index (χ0n) is 18.6. The van der Waals surface area contributed by atoms with Gasteiger partial charge in [0.2, 0.25) is 0 Å². The van der Waals surface area contributed by atoms with Crippen LogP contribution in [0.4, 0.5) is 13.2 Å². The summed E-state index contributed by atoms with van der Waals surface area (Å²) >= 11 is 7.04. The molecule has 7 nitrogen and oxygen atoms in total. The Bertz CT molecular complexity index is 1420. The lowest BCUT2D eigenvalue weighted by Crippen LogP contribution is -2.52. The van der Waals surface area contributed by atoms with E-state index in [0.717, 1.165) is 23.3 Å². The lowest BCUT2D eigenvalue weighted by atomic mass is 10.1. The number of hydrogen-bond acceptors (Lipinski definition) is 6. The van der Waals surface area contributed by atoms with Crippen LogP contribution in [-0.2, 0) is 22.3 Å². The van der Waals surface area contributed by atoms with Crippen molar-refractivity contribution in [1.82, 2.24) is 20.0 Å². The average Bonchev–Trinajstić information content (AvgIpc) is 3.42. The Kier molecular flexibility index (Phi) is 6.62. The standard InChI is InChI=1S/C24H19ClF3N5O2S/c25-17-3-2-15(19(9-17)24(26,27)28)11-33-20-4-1-14(7-16(20)10-30-33)8-21-22(35)31-23(36-21)32-6-5-29-18(12-32)13-34/h1-4,7-10,13,18,29H,5-6,11-12H2. The molecule has 1 aromatic heterocycles. The molecule has 2 aromatic carbocycles. The van der Waals surface area contributed by atoms with E-state index in [9.17, 15) is 22.8 Å². The number of fused-ring (bicyclic) bond motifs is 1. The van der Waals surface area contributed by atoms with Gasteiger partial charge in [-0.1, -0.05) is 23.7 Å². The number of carbonyl (C=O) groups is 2. The maximum atomic E-state index is 13.5. The van der Waals surface area contributed by atoms with Crippen molar-refractivity contribution >= 4 is 57.7 Å². The second-order valence-corrected chi connectivity index (χ2v) is 9.82. The van der Waals surface area contributed by atoms with E-state index < -0.39 is 11.7 Å². The summed E-state index contributed by atoms with van der Waals surface area (Å²) in [5.41, 5.74) is 0.660. The molecule has 0 bridgehead atoms. The van der Waals surface area contributed by atoms with Crippen LogP contribution in [0.2, 0.25) is 5.02 Å². The Hall–Kier alpha value is -3.15. The van der Waals surface area contributed by atoms with E-state index in [-0.39, 0.29) is 29.1 Å². The summed E-state index contributed by atoms with van der Waals surface area (Å²) in [6.45, 7) is 1.64. The summed E-state index contributed by atoms with van der Waals surface area (Å²) in [4.78, 5) is 30.1. The zero-order valence-corrected chi connectivity index (χ0v) is 20.2. The molecule has 1 saturated heterocycles. The Balaban J connectivity index is 1.36. The maximum absolute atomic E-state index is 13.5. The van der Waals surface area contributed by atoms with E-state index in [1.54, 1.807) is 24.4 Å². The Morgan fingerprint density at radius 1 is 1.22 bits per heavy atom. The molecular weight excluding hydrogens is 515 g/mol. The van der Waals surface area contributed by atoms with Gasteiger partial charge in [0, 0.05) is 30.0 Å². The molecule has 0 aliphatic carbocycles. The molecule has 3 aromatic rings. The number of benzene rings is 2. The molecular formula is C24H19ClF3N5O2S. The summed E-state index contributed by atoms with van der Waals surface area (Å²) in [5.74, 6) is -0.352. The Labute approximate surface area is 213 Å². The SMILES string of the molecule is O=CC1CN(C2=NC(=O)C(=Cc3ccc4c(cnn4Cc4ccc(Cl)cc4C(F)(F)F)c3)S2)CCN1. The van der Waals surface area contributed by atoms with Gasteiger partial charge >= 0.3 is 6.18 Å². The summed E-state index contributed by atoms with van der Waals surface area (Å²) < 4.78 is 41.9. The van der Waals surface area contributed by atoms with Crippen molar-refractivity contribution in [3.05, 3.63) is 69.2 Å². The van der Waals surface area contributed by atoms with E-state index in [0.29, 0.717) is 35.2 Å². The van der Waals surface area contributed by atoms with E-state index in [2.05, 4.69) is 15.4 Å². The van der Waals surface area contributed by atoms with Crippen LogP contribution in [0.5, 0.6) is 0 Å². The number of alkyl halides is 3. The van der Waals surface area contributed by atoms with Gasteiger partial charge in [0.15, 0.2) is 5.17 Å². The fraction of sp³-hybridized carbons (Fsp3) is 0.250. The van der Waals surface area contributed by atoms with Crippen molar-refractivity contribution in [3.8, 4) is 0 Å². The predicted octanol–water partition coefficient (Wildman–Crippen LogP) is 4.20. The van der Waals surface area contributed by atoms with Crippen LogP contribution < -0.4 is 5.32 Å². The molecule has 1 fully saturated rings. The normalized spacial score (nSPS) is 19.8. The molecule has 1 N–H and O–H groups in total. The first-order valence-corrected chi connectivity index (χ1v) is 12.2. The highest BCUT2D eigenvalue weighted by Gasteiger charge is 2.34. The second kappa shape index (κ2) is 9.72. The number of hydrogen-bond donors (Lipinski definition) is 1. The lowest BCUT2D eigenvalue weighted by Gasteiger charge is -2.31. The van der Waals surface area contributed by atoms with Crippen LogP contribution in [0.25, 0.3) is 17.0 Å². The van der Waals surface area contributed by atoms with Crippen molar-refractivity contribution < 1.29 is 22.8 Å². The number of nitrogens with zero attached hydrogens (tertiary/aromatic N) is 4. The number of piperazine rings is 1. The number of aliphatic imine (C=N–C) groups is 1. The van der Waals surface area contributed by atoms with E-state index in [1.807, 2.05) is 11.0 Å². The molecule has 0 radical (unpaired) electrons. The molecule has 0 spiro atoms. The van der Waals surface area contributed by atoms with Gasteiger partial charge in [-0.3, -0.25) is 9.48 Å². The summed E-state index contributed by atoms with van der Waals surface area (Å²) in [6.07, 6.45) is -0.391. The predicted molar refractivity (Wildman–Crippen MR) is 133 cm³/mol. The minimum Gasteiger partial charge on any atom is -0.348 e. The van der Waals surface area contributed by atoms with Crippen LogP contribution in [0, 0.1) is 0 Å². The van der Waals surface area contributed by atoms with Gasteiger partial charge in [-0.15, -0.1) is 0 Å². The molecule has 2 aliphatic heterocycles. The first-order chi connectivity index (χ1) is 17.2. The molecule has 3 heterocycles. The molecule has 12 heteroatoms. The second-order valence-electron chi connectivity index (χ2n) is 8.37. The number of aromatic nitrogens is 2. The molecule has 1 amide bonds. The van der Waals surface area contributed by atoms with Gasteiger partial charge in [-0.25, -0.2) is 0 Å². The summed E-state index contributed by atoms with van der Waals surface area (Å²) in [5, 5.41) is 8.66. The van der Waals surface area contributed by atoms with Crippen LogP contribution in [0.3, 0.4) is 0 Å². The molecule has 1 unspecified atom stereocenters. The number of carbonyl (C=O) groups excluding carboxylic acids is 2. The van der Waals surface area contributed by atoms with E-state index in [1.165, 1.54) is 28.6 Å². The van der Waals surface area contributed by atoms with Crippen molar-refractivity contribution in [1.29, 1.82) is 0 Å². The van der Waals surface area contributed by atoms with Crippen LogP contribution in [-0.4, -0.2) is 57.7 Å². The van der Waals surface area contributed by atoms with E-state index in [4.69, 9.17) is 11.6 Å². The highest BCUT2D eigenvalue weighted by Crippen LogP contribution is 2.35. The number of amidine groups is 1. The topological polar surface area (TPSA) is 79.6 Å². The lowest BCUT2D eigenvalue weighted by molar-refractivity contribution is -0.138. The van der Waals surface area contributed by atoms with Crippen LogP contribution in [0.15, 0.2) is 52.5 Å². The van der Waals surface area contributed by atoms with Crippen molar-refractivity contribution in [3.63, 3.8) is 0 Å². The molecule has 186 valence electrons. The highest BCUT2D eigenvalue weighted by atomic mass is 35.5. The number of amides is 1. The Morgan fingerprint density at radius 3 is 2.83 bits per heavy atom. The molecule has 36 heavy (non-hydrogen) atoms. The minimum atomic E-state index is -4.53. The van der Waals surface area contributed by atoms with Crippen molar-refractivity contribution in [2.75, 3.05) is 19.6 Å². The maximum Gasteiger partial charge on any atom is 0.416 e. The van der Waals surface area contributed by atoms with Gasteiger partial charge < -0.3 is 15.0 Å². The van der Waals surface area contributed by atoms with Gasteiger partial charge in [0.05, 0.1) is 34.8 Å². The molecule has 0 saturated carbocycles. The average molecular weight is 534 g/mol. The largest absolute Gasteiger partial charge is 0.416 e. The number of thioether (sulfide) groups is 1. The third kappa shape index (κ3) is 5.04. The number of halogens is 4. The van der Waals surface area contributed by atoms with Gasteiger partial charge in [-0.2, -0.15) is 23.3 Å². The quantitative estimate of drug-likeness (QED) is 0.400. The first-order valence-electron chi connectivity index (χ1n) is 11.0. The third-order valence-electron chi connectivity index (χ3n) is 5.91. The molecule has 1 atom stereocenters. The number of rotatable bonds is 4. The van der Waals surface area contributed by atoms with Crippen molar-refractivity contribution in [2.24, 2.45) is 4.99 Å². The number of nitrogens with one attached hydrogen (secondary N) is 1. The van der Waals surface area contributed by atoms with Crippen LogP contribution >= 0.6 is 23.4 Å². The fourth-order valence-corrected chi connectivity index (χ4v) is 5.28. The third-order valence-corrected chi connectivity index (χ3v) is 7.19. The summed E-state index contributed by atoms with van der Waals surface area (Å²) in [7, 11) is 0. The minimum absolute atomic E-state index is 0.0149. The summed E-state index contributed by atoms with van der Waals surface area (Å²) in [6, 6.07) is 8.75. The van der Waals surface area contributed by atoms with Gasteiger partial charge in [0.1, 0.15) is 6.29 Å². The molecule has 2 aliphatic rings. The van der Waals surface area contributed by atoms with Crippen molar-refractivity contribution in [2.45, 2.75) is 18.8 Å². The van der Waals surface area contributed by atoms with Crippen LogP contribution in [0.1, 0.15) is 16.7 Å². The molecule has 5 rings (SSSR count). The van der Waals surface area contributed by atoms with E-state index >= 15 is 0 Å². The fourth-order valence-electron chi connectivity index (χ4n) is 4.16. The number of aldehydes is 1. The zero-order chi connectivity index (χ0) is 25.4. The Morgan fingerprint density at radius 2 is 2.06 bits per heavy atom.